The van der Waals surface area contributed by atoms with Gasteiger partial charge in [0.1, 0.15) is 11.9 Å². The lowest BCUT2D eigenvalue weighted by molar-refractivity contribution is 0.198. The van der Waals surface area contributed by atoms with Gasteiger partial charge in [-0.15, -0.1) is 0 Å². The average molecular weight is 226 g/mol. The highest BCUT2D eigenvalue weighted by Crippen LogP contribution is 2.22. The number of allylic oxidation sites excluding steroid dienone is 1. The first-order valence-electron chi connectivity index (χ1n) is 5.73. The normalized spacial score (nSPS) is 25.1. The molecule has 2 nitrogen and oxygen atoms in total. The Morgan fingerprint density at radius 3 is 2.76 bits per heavy atom. The molecule has 3 rings (SSSR count). The van der Waals surface area contributed by atoms with Gasteiger partial charge in [-0.3, -0.25) is 0 Å². The molecule has 17 heavy (non-hydrogen) atoms. The fourth-order valence-electron chi connectivity index (χ4n) is 2.20. The molecule has 86 valence electrons. The van der Waals surface area contributed by atoms with Crippen LogP contribution in [0.5, 0.6) is 0 Å². The monoisotopic (exact) mass is 226 g/mol. The first-order chi connectivity index (χ1) is 8.36. The number of hydrogen-bond donors (Lipinski definition) is 0. The zero-order chi connectivity index (χ0) is 11.7. The van der Waals surface area contributed by atoms with Crippen molar-refractivity contribution in [2.45, 2.75) is 6.10 Å². The zero-order valence-electron chi connectivity index (χ0n) is 9.67. The predicted octanol–water partition coefficient (Wildman–Crippen LogP) is 1.32. The smallest absolute Gasteiger partial charge is 0.126 e. The van der Waals surface area contributed by atoms with E-state index in [-0.39, 0.29) is 12.0 Å². The lowest BCUT2D eigenvalue weighted by Gasteiger charge is -2.21. The molecule has 2 aliphatic rings. The van der Waals surface area contributed by atoms with Gasteiger partial charge in [0, 0.05) is 11.1 Å². The second-order valence-corrected chi connectivity index (χ2v) is 4.22. The number of hydrogen-bond acceptors (Lipinski definition) is 2. The Morgan fingerprint density at radius 2 is 1.94 bits per heavy atom. The molecule has 2 heteroatoms. The van der Waals surface area contributed by atoms with Gasteiger partial charge in [0.15, 0.2) is 0 Å². The minimum atomic E-state index is 0.0706. The molecule has 2 atom stereocenters. The average Bonchev–Trinajstić information content (AvgIpc) is 2.56. The van der Waals surface area contributed by atoms with E-state index >= 15 is 0 Å². The van der Waals surface area contributed by atoms with Crippen molar-refractivity contribution in [1.82, 2.24) is 0 Å². The van der Waals surface area contributed by atoms with Crippen LogP contribution in [0, 0.1) is 5.92 Å². The van der Waals surface area contributed by atoms with Crippen molar-refractivity contribution in [1.29, 1.82) is 0 Å². The van der Waals surface area contributed by atoms with Gasteiger partial charge in [-0.1, -0.05) is 30.3 Å². The molecule has 2 unspecified atom stereocenters. The lowest BCUT2D eigenvalue weighted by Crippen LogP contribution is -2.24. The van der Waals surface area contributed by atoms with Crippen molar-refractivity contribution in [3.63, 3.8) is 0 Å². The summed E-state index contributed by atoms with van der Waals surface area (Å²) in [5.41, 5.74) is 0. The maximum absolute atomic E-state index is 5.78. The van der Waals surface area contributed by atoms with Crippen molar-refractivity contribution in [2.24, 2.45) is 5.92 Å². The first kappa shape index (κ1) is 10.2. The third kappa shape index (κ3) is 1.86. The van der Waals surface area contributed by atoms with Gasteiger partial charge in [-0.05, 0) is 23.4 Å². The SMILES string of the molecule is COC1=CC2C=c3ccccc3=COC2C=C1. The first-order valence-corrected chi connectivity index (χ1v) is 5.73. The van der Waals surface area contributed by atoms with E-state index in [9.17, 15) is 0 Å². The third-order valence-electron chi connectivity index (χ3n) is 3.14. The van der Waals surface area contributed by atoms with Crippen LogP contribution in [0.25, 0.3) is 12.3 Å². The van der Waals surface area contributed by atoms with Crippen LogP contribution in [0.3, 0.4) is 0 Å². The molecule has 0 N–H and O–H groups in total. The van der Waals surface area contributed by atoms with E-state index in [4.69, 9.17) is 9.47 Å². The molecule has 1 aromatic rings. The third-order valence-corrected chi connectivity index (χ3v) is 3.14. The minimum absolute atomic E-state index is 0.0706. The van der Waals surface area contributed by atoms with Gasteiger partial charge in [-0.2, -0.15) is 0 Å². The van der Waals surface area contributed by atoms with Gasteiger partial charge in [0.05, 0.1) is 13.4 Å². The highest BCUT2D eigenvalue weighted by Gasteiger charge is 2.21. The van der Waals surface area contributed by atoms with Crippen LogP contribution >= 0.6 is 0 Å². The van der Waals surface area contributed by atoms with Crippen LogP contribution in [-0.4, -0.2) is 13.2 Å². The van der Waals surface area contributed by atoms with Crippen molar-refractivity contribution in [3.8, 4) is 0 Å². The van der Waals surface area contributed by atoms with Gasteiger partial charge in [0.25, 0.3) is 0 Å². The van der Waals surface area contributed by atoms with E-state index in [1.54, 1.807) is 7.11 Å². The largest absolute Gasteiger partial charge is 0.497 e. The standard InChI is InChI=1S/C15H14O2/c1-16-14-6-7-15-13(9-14)8-11-4-2-3-5-12(11)10-17-15/h2-10,13,15H,1H3. The topological polar surface area (TPSA) is 18.5 Å². The molecule has 0 fully saturated rings. The predicted molar refractivity (Wildman–Crippen MR) is 67.2 cm³/mol. The van der Waals surface area contributed by atoms with Gasteiger partial charge in [-0.25, -0.2) is 0 Å². The van der Waals surface area contributed by atoms with Crippen molar-refractivity contribution < 1.29 is 9.47 Å². The highest BCUT2D eigenvalue weighted by atomic mass is 16.5. The number of methoxy groups -OCH3 is 1. The quantitative estimate of drug-likeness (QED) is 0.719. The molecule has 1 aromatic carbocycles. The Kier molecular flexibility index (Phi) is 2.48. The molecule has 0 saturated heterocycles. The van der Waals surface area contributed by atoms with E-state index in [0.717, 1.165) is 11.0 Å². The van der Waals surface area contributed by atoms with Crippen LogP contribution in [0.15, 0.2) is 48.3 Å². The van der Waals surface area contributed by atoms with Gasteiger partial charge < -0.3 is 9.47 Å². The van der Waals surface area contributed by atoms with Crippen LogP contribution in [0.1, 0.15) is 0 Å². The van der Waals surface area contributed by atoms with Gasteiger partial charge in [0.2, 0.25) is 0 Å². The molecule has 1 aliphatic heterocycles. The van der Waals surface area contributed by atoms with Crippen molar-refractivity contribution in [3.05, 3.63) is 58.7 Å². The fourth-order valence-corrected chi connectivity index (χ4v) is 2.20. The molecule has 0 saturated carbocycles. The zero-order valence-corrected chi connectivity index (χ0v) is 9.67. The fraction of sp³-hybridized carbons (Fsp3) is 0.200. The van der Waals surface area contributed by atoms with E-state index in [0.29, 0.717) is 0 Å². The summed E-state index contributed by atoms with van der Waals surface area (Å²) in [7, 11) is 1.69. The molecular weight excluding hydrogens is 212 g/mol. The number of rotatable bonds is 1. The number of benzene rings is 1. The van der Waals surface area contributed by atoms with E-state index in [1.807, 2.05) is 30.5 Å². The van der Waals surface area contributed by atoms with Crippen LogP contribution in [-0.2, 0) is 9.47 Å². The van der Waals surface area contributed by atoms with Crippen molar-refractivity contribution in [2.75, 3.05) is 7.11 Å². The Bertz CT molecular complexity index is 596. The molecule has 0 spiro atoms. The highest BCUT2D eigenvalue weighted by molar-refractivity contribution is 5.42. The van der Waals surface area contributed by atoms with Crippen molar-refractivity contribution >= 4 is 12.3 Å². The molecular formula is C15H14O2. The molecule has 0 radical (unpaired) electrons. The molecule has 0 bridgehead atoms. The minimum Gasteiger partial charge on any atom is -0.497 e. The number of fused-ring (bicyclic) bond motifs is 2. The summed E-state index contributed by atoms with van der Waals surface area (Å²) >= 11 is 0. The Balaban J connectivity index is 2.11. The molecule has 0 amide bonds. The summed E-state index contributed by atoms with van der Waals surface area (Å²) < 4.78 is 11.0. The second kappa shape index (κ2) is 4.13. The van der Waals surface area contributed by atoms with Crippen LogP contribution in [0.2, 0.25) is 0 Å². The van der Waals surface area contributed by atoms with Crippen LogP contribution < -0.4 is 10.4 Å². The van der Waals surface area contributed by atoms with E-state index in [1.165, 1.54) is 5.22 Å². The maximum Gasteiger partial charge on any atom is 0.126 e. The summed E-state index contributed by atoms with van der Waals surface area (Å²) in [6.07, 6.45) is 10.2. The summed E-state index contributed by atoms with van der Waals surface area (Å²) in [5.74, 6) is 1.13. The second-order valence-electron chi connectivity index (χ2n) is 4.22. The van der Waals surface area contributed by atoms with Gasteiger partial charge >= 0.3 is 0 Å². The Morgan fingerprint density at radius 1 is 1.12 bits per heavy atom. The number of ether oxygens (including phenoxy) is 2. The summed E-state index contributed by atoms with van der Waals surface area (Å²) in [6, 6.07) is 8.24. The molecule has 1 aliphatic carbocycles. The lowest BCUT2D eigenvalue weighted by atomic mass is 9.95. The summed E-state index contributed by atoms with van der Waals surface area (Å²) in [6.45, 7) is 0. The Labute approximate surface area is 100 Å². The van der Waals surface area contributed by atoms with E-state index < -0.39 is 0 Å². The maximum atomic E-state index is 5.78. The van der Waals surface area contributed by atoms with E-state index in [2.05, 4.69) is 24.3 Å². The van der Waals surface area contributed by atoms with Crippen LogP contribution in [0.4, 0.5) is 0 Å². The summed E-state index contributed by atoms with van der Waals surface area (Å²) in [4.78, 5) is 0. The summed E-state index contributed by atoms with van der Waals surface area (Å²) in [5, 5.41) is 2.34. The molecule has 0 aromatic heterocycles. The molecule has 1 heterocycles. The Hall–Kier alpha value is -1.96.